The molecular weight excluding hydrogens is 620 g/mol. The van der Waals surface area contributed by atoms with Crippen molar-refractivity contribution >= 4 is 29.4 Å². The van der Waals surface area contributed by atoms with Crippen LogP contribution in [0.25, 0.3) is 11.1 Å². The van der Waals surface area contributed by atoms with Crippen molar-refractivity contribution in [1.82, 2.24) is 15.5 Å². The molecule has 0 spiro atoms. The maximum atomic E-state index is 14.1. The lowest BCUT2D eigenvalue weighted by molar-refractivity contribution is 0.0755. The highest BCUT2D eigenvalue weighted by Crippen LogP contribution is 2.27. The number of halogens is 2. The summed E-state index contributed by atoms with van der Waals surface area (Å²) >= 11 is 1.37. The predicted molar refractivity (Wildman–Crippen MR) is 182 cm³/mol. The Morgan fingerprint density at radius 2 is 1.64 bits per heavy atom. The zero-order chi connectivity index (χ0) is 33.9. The molecule has 0 bridgehead atoms. The van der Waals surface area contributed by atoms with E-state index >= 15 is 0 Å². The molecule has 4 aromatic rings. The number of amides is 2. The lowest BCUT2D eigenvalue weighted by atomic mass is 9.99. The summed E-state index contributed by atoms with van der Waals surface area (Å²) < 4.78 is 28.1. The average molecular weight is 662 g/mol. The van der Waals surface area contributed by atoms with Crippen LogP contribution in [-0.2, 0) is 13.0 Å². The van der Waals surface area contributed by atoms with E-state index in [1.807, 2.05) is 49.6 Å². The Balaban J connectivity index is 1.51. The van der Waals surface area contributed by atoms with Crippen molar-refractivity contribution in [3.63, 3.8) is 0 Å². The third-order valence-electron chi connectivity index (χ3n) is 7.74. The second kappa shape index (κ2) is 17.1. The van der Waals surface area contributed by atoms with Gasteiger partial charge < -0.3 is 20.6 Å². The van der Waals surface area contributed by atoms with Gasteiger partial charge in [-0.1, -0.05) is 32.0 Å². The topological polar surface area (TPSA) is 98.7 Å². The number of nitrogens with one attached hydrogen (secondary N) is 2. The summed E-state index contributed by atoms with van der Waals surface area (Å²) in [6, 6.07) is 16.7. The summed E-state index contributed by atoms with van der Waals surface area (Å²) in [5.41, 5.74) is 4.31. The van der Waals surface area contributed by atoms with Crippen molar-refractivity contribution in [3.05, 3.63) is 116 Å². The Kier molecular flexibility index (Phi) is 12.9. The number of benzene rings is 3. The molecule has 3 N–H and O–H groups in total. The van der Waals surface area contributed by atoms with Gasteiger partial charge in [-0.15, -0.1) is 11.3 Å². The predicted octanol–water partition coefficient (Wildman–Crippen LogP) is 6.57. The van der Waals surface area contributed by atoms with Crippen LogP contribution in [0, 0.1) is 18.6 Å². The summed E-state index contributed by atoms with van der Waals surface area (Å²) in [6.07, 6.45) is 1.27. The van der Waals surface area contributed by atoms with E-state index in [-0.39, 0.29) is 30.0 Å². The van der Waals surface area contributed by atoms with Gasteiger partial charge in [0, 0.05) is 48.9 Å². The Morgan fingerprint density at radius 3 is 2.32 bits per heavy atom. The second-order valence-electron chi connectivity index (χ2n) is 11.7. The van der Waals surface area contributed by atoms with Crippen LogP contribution >= 0.6 is 11.3 Å². The van der Waals surface area contributed by atoms with E-state index in [1.165, 1.54) is 23.5 Å². The quantitative estimate of drug-likeness (QED) is 0.118. The first-order valence-corrected chi connectivity index (χ1v) is 16.7. The van der Waals surface area contributed by atoms with Gasteiger partial charge in [0.15, 0.2) is 6.29 Å². The summed E-state index contributed by atoms with van der Waals surface area (Å²) in [4.78, 5) is 40.7. The fraction of sp³-hybridized carbons (Fsp3) is 0.324. The molecule has 0 saturated heterocycles. The number of aliphatic hydroxyl groups is 1. The van der Waals surface area contributed by atoms with Crippen LogP contribution in [0.3, 0.4) is 0 Å². The summed E-state index contributed by atoms with van der Waals surface area (Å²) in [6.45, 7) is 7.46. The first-order chi connectivity index (χ1) is 22.6. The number of hydrogen-bond donors (Lipinski definition) is 3. The van der Waals surface area contributed by atoms with Crippen molar-refractivity contribution in [2.75, 3.05) is 19.6 Å². The Hall–Kier alpha value is -4.25. The van der Waals surface area contributed by atoms with Crippen molar-refractivity contribution in [2.24, 2.45) is 0 Å². The molecule has 4 rings (SSSR count). The van der Waals surface area contributed by atoms with E-state index in [2.05, 4.69) is 10.6 Å². The maximum absolute atomic E-state index is 14.1. The molecule has 3 aromatic carbocycles. The van der Waals surface area contributed by atoms with E-state index in [0.29, 0.717) is 30.1 Å². The van der Waals surface area contributed by atoms with Gasteiger partial charge in [0.2, 0.25) is 0 Å². The van der Waals surface area contributed by atoms with Crippen LogP contribution in [0.4, 0.5) is 8.78 Å². The molecule has 0 aliphatic rings. The summed E-state index contributed by atoms with van der Waals surface area (Å²) in [7, 11) is 0. The molecule has 0 aliphatic carbocycles. The van der Waals surface area contributed by atoms with Gasteiger partial charge in [0.25, 0.3) is 11.8 Å². The highest BCUT2D eigenvalue weighted by Gasteiger charge is 2.24. The first-order valence-electron chi connectivity index (χ1n) is 15.8. The molecule has 0 fully saturated rings. The fourth-order valence-electron chi connectivity index (χ4n) is 5.60. The van der Waals surface area contributed by atoms with Crippen molar-refractivity contribution in [1.29, 1.82) is 0 Å². The molecular formula is C37H41F2N3O4S. The molecule has 0 radical (unpaired) electrons. The third kappa shape index (κ3) is 9.87. The summed E-state index contributed by atoms with van der Waals surface area (Å²) in [5, 5.41) is 19.2. The first kappa shape index (κ1) is 35.6. The number of carbonyl (C=O) groups excluding carboxylic acids is 3. The number of rotatable bonds is 16. The number of hydrogen-bond acceptors (Lipinski definition) is 6. The molecule has 0 saturated carbocycles. The van der Waals surface area contributed by atoms with Gasteiger partial charge in [0.1, 0.15) is 11.6 Å². The molecule has 1 aromatic heterocycles. The zero-order valence-electron chi connectivity index (χ0n) is 26.9. The van der Waals surface area contributed by atoms with E-state index < -0.39 is 29.7 Å². The molecule has 10 heteroatoms. The van der Waals surface area contributed by atoms with Crippen LogP contribution in [0.2, 0.25) is 0 Å². The highest BCUT2D eigenvalue weighted by molar-refractivity contribution is 7.12. The maximum Gasteiger partial charge on any atom is 0.253 e. The molecule has 0 aliphatic heterocycles. The van der Waals surface area contributed by atoms with Crippen molar-refractivity contribution in [2.45, 2.75) is 58.7 Å². The normalized spacial score (nSPS) is 12.4. The highest BCUT2D eigenvalue weighted by atomic mass is 32.1. The van der Waals surface area contributed by atoms with Crippen molar-refractivity contribution < 1.29 is 28.3 Å². The standard InChI is InChI=1S/C37H41F2N3O4S/c1-4-10-42(11-5-2)37(46)29-14-24(3)13-28(19-29)36(45)41-33(18-26-16-30(38)20-31(39)17-26)34(44)22-40-21-25-7-6-8-27(15-25)32-9-12-47-35(32)23-43/h6-9,12-17,19-20,23,33-34,40,44H,4-5,10-11,18,21-22H2,1-3H3,(H,41,45)/t33-,34+/m0/s1. The second-order valence-corrected chi connectivity index (χ2v) is 12.6. The minimum absolute atomic E-state index is 0.0379. The Labute approximate surface area is 278 Å². The number of thiophene rings is 1. The van der Waals surface area contributed by atoms with Gasteiger partial charge in [0.05, 0.1) is 17.0 Å². The van der Waals surface area contributed by atoms with Gasteiger partial charge >= 0.3 is 0 Å². The molecule has 1 heterocycles. The largest absolute Gasteiger partial charge is 0.390 e. The monoisotopic (exact) mass is 661 g/mol. The number of carbonyl (C=O) groups is 3. The number of aldehydes is 1. The smallest absolute Gasteiger partial charge is 0.253 e. The van der Waals surface area contributed by atoms with Gasteiger partial charge in [-0.2, -0.15) is 0 Å². The van der Waals surface area contributed by atoms with Gasteiger partial charge in [-0.05, 0) is 96.3 Å². The molecule has 0 unspecified atom stereocenters. The van der Waals surface area contributed by atoms with E-state index in [9.17, 15) is 28.3 Å². The van der Waals surface area contributed by atoms with E-state index in [1.54, 1.807) is 30.0 Å². The third-order valence-corrected chi connectivity index (χ3v) is 8.58. The Morgan fingerprint density at radius 1 is 0.936 bits per heavy atom. The number of aliphatic hydroxyl groups excluding tert-OH is 1. The number of nitrogens with zero attached hydrogens (tertiary/aromatic N) is 1. The Bertz CT molecular complexity index is 1670. The SMILES string of the molecule is CCCN(CCC)C(=O)c1cc(C)cc(C(=O)N[C@@H](Cc2cc(F)cc(F)c2)[C@H](O)CNCc2cccc(-c3ccsc3C=O)c2)c1. The van der Waals surface area contributed by atoms with Gasteiger partial charge in [-0.3, -0.25) is 14.4 Å². The molecule has 2 atom stereocenters. The van der Waals surface area contributed by atoms with Crippen LogP contribution in [0.5, 0.6) is 0 Å². The number of aryl methyl sites for hydroxylation is 1. The van der Waals surface area contributed by atoms with Crippen LogP contribution in [0.1, 0.15) is 73.8 Å². The zero-order valence-corrected chi connectivity index (χ0v) is 27.7. The van der Waals surface area contributed by atoms with Gasteiger partial charge in [-0.25, -0.2) is 8.78 Å². The minimum Gasteiger partial charge on any atom is -0.390 e. The van der Waals surface area contributed by atoms with Crippen LogP contribution in [-0.4, -0.2) is 59.9 Å². The van der Waals surface area contributed by atoms with E-state index in [4.69, 9.17) is 0 Å². The average Bonchev–Trinajstić information content (AvgIpc) is 3.52. The molecule has 2 amide bonds. The molecule has 7 nitrogen and oxygen atoms in total. The fourth-order valence-corrected chi connectivity index (χ4v) is 6.32. The molecule has 47 heavy (non-hydrogen) atoms. The van der Waals surface area contributed by atoms with E-state index in [0.717, 1.165) is 47.4 Å². The van der Waals surface area contributed by atoms with Crippen LogP contribution in [0.15, 0.2) is 72.1 Å². The van der Waals surface area contributed by atoms with Crippen molar-refractivity contribution in [3.8, 4) is 11.1 Å². The summed E-state index contributed by atoms with van der Waals surface area (Å²) in [5.74, 6) is -2.19. The lowest BCUT2D eigenvalue weighted by Gasteiger charge is -2.25. The van der Waals surface area contributed by atoms with Crippen LogP contribution < -0.4 is 10.6 Å². The minimum atomic E-state index is -1.14. The lowest BCUT2D eigenvalue weighted by Crippen LogP contribution is -2.48. The molecule has 248 valence electrons.